The lowest BCUT2D eigenvalue weighted by Gasteiger charge is -2.13. The number of nitrogens with zero attached hydrogens (tertiary/aromatic N) is 1. The monoisotopic (exact) mass is 267 g/mol. The number of oxazole rings is 1. The van der Waals surface area contributed by atoms with E-state index < -0.39 is 0 Å². The van der Waals surface area contributed by atoms with Gasteiger partial charge in [0.15, 0.2) is 11.5 Å². The van der Waals surface area contributed by atoms with Crippen LogP contribution in [0.3, 0.4) is 0 Å². The van der Waals surface area contributed by atoms with Crippen molar-refractivity contribution in [1.29, 1.82) is 0 Å². The molecule has 102 valence electrons. The summed E-state index contributed by atoms with van der Waals surface area (Å²) in [6.45, 7) is 1.84. The first-order chi connectivity index (χ1) is 9.67. The number of nitrogens with one attached hydrogen (secondary N) is 1. The van der Waals surface area contributed by atoms with E-state index in [9.17, 15) is 0 Å². The quantitative estimate of drug-likeness (QED) is 0.764. The Bertz CT molecular complexity index is 748. The molecule has 3 N–H and O–H groups in total. The molecule has 0 aliphatic rings. The number of anilines is 1. The lowest BCUT2D eigenvalue weighted by atomic mass is 9.99. The molecule has 1 aromatic heterocycles. The van der Waals surface area contributed by atoms with E-state index in [-0.39, 0.29) is 6.04 Å². The molecule has 0 aliphatic carbocycles. The summed E-state index contributed by atoms with van der Waals surface area (Å²) in [4.78, 5) is 4.30. The topological polar surface area (TPSA) is 64.1 Å². The van der Waals surface area contributed by atoms with Crippen molar-refractivity contribution >= 4 is 16.8 Å². The zero-order chi connectivity index (χ0) is 14.1. The van der Waals surface area contributed by atoms with Crippen LogP contribution in [0, 0.1) is 6.92 Å². The van der Waals surface area contributed by atoms with Crippen LogP contribution in [0.4, 0.5) is 5.69 Å². The van der Waals surface area contributed by atoms with Crippen LogP contribution in [0.5, 0.6) is 0 Å². The molecule has 0 aliphatic heterocycles. The van der Waals surface area contributed by atoms with E-state index in [0.717, 1.165) is 27.9 Å². The maximum absolute atomic E-state index is 6.35. The number of fused-ring (bicyclic) bond motifs is 1. The van der Waals surface area contributed by atoms with Crippen molar-refractivity contribution in [1.82, 2.24) is 4.98 Å². The van der Waals surface area contributed by atoms with Crippen molar-refractivity contribution in [2.75, 3.05) is 12.4 Å². The van der Waals surface area contributed by atoms with E-state index in [4.69, 9.17) is 10.2 Å². The number of hydrogen-bond acceptors (Lipinski definition) is 4. The Labute approximate surface area is 117 Å². The fraction of sp³-hybridized carbons (Fsp3) is 0.188. The highest BCUT2D eigenvalue weighted by Gasteiger charge is 2.11. The predicted molar refractivity (Wildman–Crippen MR) is 80.8 cm³/mol. The zero-order valence-corrected chi connectivity index (χ0v) is 11.6. The minimum Gasteiger partial charge on any atom is -0.441 e. The molecule has 3 aromatic rings. The molecule has 0 fully saturated rings. The minimum atomic E-state index is -0.182. The van der Waals surface area contributed by atoms with Crippen molar-refractivity contribution in [3.05, 3.63) is 59.5 Å². The van der Waals surface area contributed by atoms with Gasteiger partial charge in [-0.3, -0.25) is 0 Å². The highest BCUT2D eigenvalue weighted by molar-refractivity contribution is 5.73. The number of rotatable bonds is 3. The van der Waals surface area contributed by atoms with Crippen molar-refractivity contribution in [2.24, 2.45) is 5.73 Å². The van der Waals surface area contributed by atoms with E-state index in [1.807, 2.05) is 50.4 Å². The average Bonchev–Trinajstić information content (AvgIpc) is 2.85. The SMILES string of the molecule is CNc1cccc(C(N)c2ccc3nc(C)oc3c2)c1. The Hall–Kier alpha value is -2.33. The molecule has 1 unspecified atom stereocenters. The molecule has 0 radical (unpaired) electrons. The van der Waals surface area contributed by atoms with Gasteiger partial charge < -0.3 is 15.5 Å². The third-order valence-electron chi connectivity index (χ3n) is 3.41. The lowest BCUT2D eigenvalue weighted by Crippen LogP contribution is -2.11. The van der Waals surface area contributed by atoms with E-state index in [0.29, 0.717) is 5.89 Å². The summed E-state index contributed by atoms with van der Waals surface area (Å²) in [5.41, 5.74) is 11.1. The summed E-state index contributed by atoms with van der Waals surface area (Å²) in [6.07, 6.45) is 0. The van der Waals surface area contributed by atoms with E-state index in [1.165, 1.54) is 0 Å². The summed E-state index contributed by atoms with van der Waals surface area (Å²) in [5, 5.41) is 3.12. The van der Waals surface area contributed by atoms with Gasteiger partial charge in [-0.05, 0) is 35.4 Å². The van der Waals surface area contributed by atoms with Gasteiger partial charge in [0.2, 0.25) is 0 Å². The van der Waals surface area contributed by atoms with Crippen molar-refractivity contribution in [3.8, 4) is 0 Å². The molecule has 0 amide bonds. The molecular weight excluding hydrogens is 250 g/mol. The maximum Gasteiger partial charge on any atom is 0.192 e. The first-order valence-corrected chi connectivity index (χ1v) is 6.58. The Morgan fingerprint density at radius 1 is 1.15 bits per heavy atom. The molecule has 1 atom stereocenters. The van der Waals surface area contributed by atoms with E-state index in [2.05, 4.69) is 16.4 Å². The van der Waals surface area contributed by atoms with Crippen LogP contribution >= 0.6 is 0 Å². The van der Waals surface area contributed by atoms with Crippen molar-refractivity contribution < 1.29 is 4.42 Å². The number of benzene rings is 2. The minimum absolute atomic E-state index is 0.182. The largest absolute Gasteiger partial charge is 0.441 e. The second-order valence-electron chi connectivity index (χ2n) is 4.81. The summed E-state index contributed by atoms with van der Waals surface area (Å²) < 4.78 is 5.56. The van der Waals surface area contributed by atoms with Crippen LogP contribution in [-0.2, 0) is 0 Å². The second kappa shape index (κ2) is 4.98. The number of aryl methyl sites for hydroxylation is 1. The standard InChI is InChI=1S/C16H17N3O/c1-10-19-14-7-6-12(9-15(14)20-10)16(17)11-4-3-5-13(8-11)18-2/h3-9,16,18H,17H2,1-2H3. The third kappa shape index (κ3) is 2.26. The van der Waals surface area contributed by atoms with Crippen LogP contribution in [0.15, 0.2) is 46.9 Å². The van der Waals surface area contributed by atoms with Gasteiger partial charge in [-0.2, -0.15) is 0 Å². The van der Waals surface area contributed by atoms with Gasteiger partial charge in [-0.15, -0.1) is 0 Å². The second-order valence-corrected chi connectivity index (χ2v) is 4.81. The van der Waals surface area contributed by atoms with Crippen LogP contribution in [0.25, 0.3) is 11.1 Å². The Kier molecular flexibility index (Phi) is 3.16. The van der Waals surface area contributed by atoms with Gasteiger partial charge in [0.1, 0.15) is 5.52 Å². The molecule has 1 heterocycles. The molecule has 0 saturated carbocycles. The Balaban J connectivity index is 2.00. The fourth-order valence-electron chi connectivity index (χ4n) is 2.33. The van der Waals surface area contributed by atoms with Gasteiger partial charge in [-0.25, -0.2) is 4.98 Å². The lowest BCUT2D eigenvalue weighted by molar-refractivity contribution is 0.560. The Morgan fingerprint density at radius 3 is 2.75 bits per heavy atom. The number of hydrogen-bond donors (Lipinski definition) is 2. The molecule has 3 rings (SSSR count). The molecule has 0 bridgehead atoms. The first kappa shape index (κ1) is 12.7. The normalized spacial score (nSPS) is 12.6. The number of aromatic nitrogens is 1. The van der Waals surface area contributed by atoms with Crippen molar-refractivity contribution in [3.63, 3.8) is 0 Å². The molecule has 20 heavy (non-hydrogen) atoms. The van der Waals surface area contributed by atoms with Gasteiger partial charge in [-0.1, -0.05) is 18.2 Å². The molecule has 2 aromatic carbocycles. The zero-order valence-electron chi connectivity index (χ0n) is 11.6. The van der Waals surface area contributed by atoms with Crippen LogP contribution < -0.4 is 11.1 Å². The summed E-state index contributed by atoms with van der Waals surface area (Å²) in [6, 6.07) is 13.8. The average molecular weight is 267 g/mol. The third-order valence-corrected chi connectivity index (χ3v) is 3.41. The molecule has 4 heteroatoms. The number of nitrogens with two attached hydrogens (primary N) is 1. The summed E-state index contributed by atoms with van der Waals surface area (Å²) in [5.74, 6) is 0.669. The predicted octanol–water partition coefficient (Wildman–Crippen LogP) is 3.23. The van der Waals surface area contributed by atoms with Gasteiger partial charge in [0.05, 0.1) is 6.04 Å². The van der Waals surface area contributed by atoms with Gasteiger partial charge >= 0.3 is 0 Å². The van der Waals surface area contributed by atoms with Crippen LogP contribution in [-0.4, -0.2) is 12.0 Å². The van der Waals surface area contributed by atoms with Gasteiger partial charge in [0, 0.05) is 19.7 Å². The van der Waals surface area contributed by atoms with Crippen LogP contribution in [0.1, 0.15) is 23.1 Å². The smallest absolute Gasteiger partial charge is 0.192 e. The summed E-state index contributed by atoms with van der Waals surface area (Å²) in [7, 11) is 1.90. The maximum atomic E-state index is 6.35. The molecule has 0 saturated heterocycles. The first-order valence-electron chi connectivity index (χ1n) is 6.58. The highest BCUT2D eigenvalue weighted by atomic mass is 16.3. The van der Waals surface area contributed by atoms with E-state index in [1.54, 1.807) is 0 Å². The Morgan fingerprint density at radius 2 is 1.95 bits per heavy atom. The van der Waals surface area contributed by atoms with Gasteiger partial charge in [0.25, 0.3) is 0 Å². The molecule has 0 spiro atoms. The van der Waals surface area contributed by atoms with E-state index >= 15 is 0 Å². The van der Waals surface area contributed by atoms with Crippen LogP contribution in [0.2, 0.25) is 0 Å². The fourth-order valence-corrected chi connectivity index (χ4v) is 2.33. The summed E-state index contributed by atoms with van der Waals surface area (Å²) >= 11 is 0. The molecular formula is C16H17N3O. The molecule has 4 nitrogen and oxygen atoms in total. The van der Waals surface area contributed by atoms with Crippen molar-refractivity contribution in [2.45, 2.75) is 13.0 Å². The highest BCUT2D eigenvalue weighted by Crippen LogP contribution is 2.25.